The number of benzene rings is 2. The zero-order valence-corrected chi connectivity index (χ0v) is 18.2. The lowest BCUT2D eigenvalue weighted by Gasteiger charge is -2.45. The molecule has 156 valence electrons. The van der Waals surface area contributed by atoms with Gasteiger partial charge in [-0.05, 0) is 60.0 Å². The lowest BCUT2D eigenvalue weighted by atomic mass is 9.94. The summed E-state index contributed by atoms with van der Waals surface area (Å²) in [6.45, 7) is 6.49. The summed E-state index contributed by atoms with van der Waals surface area (Å²) in [6, 6.07) is 15.7. The maximum absolute atomic E-state index is 10.6. The van der Waals surface area contributed by atoms with Crippen LogP contribution in [0.25, 0.3) is 10.1 Å². The minimum absolute atomic E-state index is 0.422. The maximum Gasteiger partial charge on any atom is 0.134 e. The zero-order valence-electron chi connectivity index (χ0n) is 17.3. The van der Waals surface area contributed by atoms with Crippen molar-refractivity contribution in [3.63, 3.8) is 0 Å². The highest BCUT2D eigenvalue weighted by molar-refractivity contribution is 7.17. The smallest absolute Gasteiger partial charge is 0.134 e. The van der Waals surface area contributed by atoms with Crippen LogP contribution in [0.3, 0.4) is 0 Å². The van der Waals surface area contributed by atoms with E-state index in [2.05, 4.69) is 56.5 Å². The van der Waals surface area contributed by atoms with Gasteiger partial charge in [0.25, 0.3) is 0 Å². The molecule has 0 amide bonds. The molecule has 1 N–H and O–H groups in total. The van der Waals surface area contributed by atoms with Gasteiger partial charge in [-0.25, -0.2) is 0 Å². The molecule has 30 heavy (non-hydrogen) atoms. The summed E-state index contributed by atoms with van der Waals surface area (Å²) in [5.74, 6) is 0. The lowest BCUT2D eigenvalue weighted by molar-refractivity contribution is 0.0122. The molecule has 3 aliphatic rings. The highest BCUT2D eigenvalue weighted by atomic mass is 32.1. The number of aliphatic hydroxyl groups is 1. The predicted octanol–water partition coefficient (Wildman–Crippen LogP) is 4.23. The molecule has 1 aromatic heterocycles. The molecule has 1 fully saturated rings. The van der Waals surface area contributed by atoms with E-state index in [1.165, 1.54) is 47.3 Å². The summed E-state index contributed by atoms with van der Waals surface area (Å²) >= 11 is 1.90. The Balaban J connectivity index is 1.02. The molecule has 0 saturated carbocycles. The van der Waals surface area contributed by atoms with E-state index in [0.29, 0.717) is 6.04 Å². The Morgan fingerprint density at radius 1 is 0.967 bits per heavy atom. The van der Waals surface area contributed by atoms with Gasteiger partial charge in [-0.2, -0.15) is 0 Å². The Bertz CT molecular complexity index is 1060. The quantitative estimate of drug-likeness (QED) is 0.627. The molecule has 0 radical (unpaired) electrons. The van der Waals surface area contributed by atoms with Crippen molar-refractivity contribution in [2.75, 3.05) is 37.6 Å². The van der Waals surface area contributed by atoms with Crippen molar-refractivity contribution >= 4 is 27.1 Å². The number of fused-ring (bicyclic) bond motifs is 3. The Morgan fingerprint density at radius 2 is 1.87 bits per heavy atom. The van der Waals surface area contributed by atoms with E-state index >= 15 is 0 Å². The van der Waals surface area contributed by atoms with Gasteiger partial charge < -0.3 is 10.0 Å². The molecule has 0 spiro atoms. The van der Waals surface area contributed by atoms with Crippen LogP contribution in [-0.4, -0.2) is 53.7 Å². The van der Waals surface area contributed by atoms with Gasteiger partial charge in [0.1, 0.15) is 6.23 Å². The number of piperazine rings is 1. The predicted molar refractivity (Wildman–Crippen MR) is 124 cm³/mol. The fourth-order valence-corrected chi connectivity index (χ4v) is 6.67. The van der Waals surface area contributed by atoms with Crippen molar-refractivity contribution in [3.8, 4) is 0 Å². The minimum atomic E-state index is -0.422. The Kier molecular flexibility index (Phi) is 4.80. The molecule has 6 rings (SSSR count). The van der Waals surface area contributed by atoms with Crippen molar-refractivity contribution < 1.29 is 5.11 Å². The lowest BCUT2D eigenvalue weighted by Crippen LogP contribution is -2.55. The third kappa shape index (κ3) is 3.16. The molecule has 2 aromatic carbocycles. The first kappa shape index (κ1) is 18.8. The second-order valence-electron chi connectivity index (χ2n) is 9.01. The van der Waals surface area contributed by atoms with Crippen molar-refractivity contribution in [1.29, 1.82) is 0 Å². The summed E-state index contributed by atoms with van der Waals surface area (Å²) in [7, 11) is 0. The highest BCUT2D eigenvalue weighted by Crippen LogP contribution is 2.41. The average molecular weight is 420 g/mol. The van der Waals surface area contributed by atoms with Crippen molar-refractivity contribution in [2.45, 2.75) is 38.1 Å². The number of hydrogen-bond donors (Lipinski definition) is 1. The number of anilines is 1. The topological polar surface area (TPSA) is 30.0 Å². The first-order valence-electron chi connectivity index (χ1n) is 11.3. The standard InChI is InChI=1S/C25H29N3OS/c29-25-21-7-2-1-6-18(21)15-27(25)11-4-3-10-26-12-13-28-20(16-26)14-19-17-30-23-9-5-8-22(28)24(19)23/h1-2,5-9,17,20,25,29H,3-4,10-16H2. The van der Waals surface area contributed by atoms with Crippen LogP contribution in [0.1, 0.15) is 35.8 Å². The van der Waals surface area contributed by atoms with E-state index in [-0.39, 0.29) is 0 Å². The SMILES string of the molecule is OC1c2ccccc2CN1CCCCN1CCN2c3cccc4scc(c34)CC2C1. The van der Waals surface area contributed by atoms with Crippen LogP contribution in [0.5, 0.6) is 0 Å². The largest absolute Gasteiger partial charge is 0.374 e. The van der Waals surface area contributed by atoms with E-state index in [4.69, 9.17) is 0 Å². The molecule has 4 heterocycles. The molecule has 2 unspecified atom stereocenters. The van der Waals surface area contributed by atoms with Gasteiger partial charge in [0.15, 0.2) is 0 Å². The maximum atomic E-state index is 10.6. The molecule has 3 aromatic rings. The number of rotatable bonds is 5. The molecule has 0 aliphatic carbocycles. The van der Waals surface area contributed by atoms with E-state index in [1.807, 2.05) is 17.4 Å². The van der Waals surface area contributed by atoms with Gasteiger partial charge in [-0.15, -0.1) is 11.3 Å². The van der Waals surface area contributed by atoms with Crippen LogP contribution >= 0.6 is 11.3 Å². The Hall–Kier alpha value is -1.92. The molecule has 5 heteroatoms. The highest BCUT2D eigenvalue weighted by Gasteiger charge is 2.33. The second kappa shape index (κ2) is 7.65. The number of thiophene rings is 1. The van der Waals surface area contributed by atoms with Crippen LogP contribution in [-0.2, 0) is 13.0 Å². The first-order chi connectivity index (χ1) is 14.8. The van der Waals surface area contributed by atoms with Gasteiger partial charge in [0.05, 0.1) is 0 Å². The summed E-state index contributed by atoms with van der Waals surface area (Å²) in [4.78, 5) is 7.53. The summed E-state index contributed by atoms with van der Waals surface area (Å²) in [5.41, 5.74) is 5.38. The Labute approximate surface area is 182 Å². The molecule has 2 atom stereocenters. The zero-order chi connectivity index (χ0) is 20.1. The van der Waals surface area contributed by atoms with Crippen LogP contribution in [0.15, 0.2) is 47.8 Å². The molecular weight excluding hydrogens is 390 g/mol. The van der Waals surface area contributed by atoms with Gasteiger partial charge in [-0.3, -0.25) is 9.80 Å². The van der Waals surface area contributed by atoms with E-state index in [0.717, 1.165) is 38.2 Å². The molecule has 4 nitrogen and oxygen atoms in total. The van der Waals surface area contributed by atoms with Gasteiger partial charge >= 0.3 is 0 Å². The van der Waals surface area contributed by atoms with Crippen LogP contribution in [0.4, 0.5) is 5.69 Å². The molecule has 0 bridgehead atoms. The van der Waals surface area contributed by atoms with Crippen LogP contribution in [0.2, 0.25) is 0 Å². The fraction of sp³-hybridized carbons (Fsp3) is 0.440. The third-order valence-electron chi connectivity index (χ3n) is 7.21. The first-order valence-corrected chi connectivity index (χ1v) is 12.1. The van der Waals surface area contributed by atoms with Crippen LogP contribution < -0.4 is 4.90 Å². The van der Waals surface area contributed by atoms with E-state index in [9.17, 15) is 5.11 Å². The average Bonchev–Trinajstić information content (AvgIpc) is 3.33. The molecule has 3 aliphatic heterocycles. The van der Waals surface area contributed by atoms with E-state index in [1.54, 1.807) is 5.56 Å². The summed E-state index contributed by atoms with van der Waals surface area (Å²) in [5, 5.41) is 14.4. The molecule has 1 saturated heterocycles. The van der Waals surface area contributed by atoms with Gasteiger partial charge in [-0.1, -0.05) is 30.3 Å². The number of aliphatic hydroxyl groups excluding tert-OH is 1. The number of hydrogen-bond acceptors (Lipinski definition) is 5. The third-order valence-corrected chi connectivity index (χ3v) is 8.20. The van der Waals surface area contributed by atoms with E-state index < -0.39 is 6.23 Å². The summed E-state index contributed by atoms with van der Waals surface area (Å²) in [6.07, 6.45) is 3.11. The van der Waals surface area contributed by atoms with Crippen molar-refractivity contribution in [2.24, 2.45) is 0 Å². The van der Waals surface area contributed by atoms with Crippen molar-refractivity contribution in [3.05, 3.63) is 64.5 Å². The second-order valence-corrected chi connectivity index (χ2v) is 9.92. The monoisotopic (exact) mass is 419 g/mol. The Morgan fingerprint density at radius 3 is 2.80 bits per heavy atom. The number of nitrogens with zero attached hydrogens (tertiary/aromatic N) is 3. The van der Waals surface area contributed by atoms with Gasteiger partial charge in [0.2, 0.25) is 0 Å². The molecular formula is C25H29N3OS. The van der Waals surface area contributed by atoms with Crippen LogP contribution in [0, 0.1) is 0 Å². The fourth-order valence-electron chi connectivity index (χ4n) is 5.68. The minimum Gasteiger partial charge on any atom is -0.374 e. The number of unbranched alkanes of at least 4 members (excludes halogenated alkanes) is 1. The van der Waals surface area contributed by atoms with Crippen molar-refractivity contribution in [1.82, 2.24) is 9.80 Å². The summed E-state index contributed by atoms with van der Waals surface area (Å²) < 4.78 is 1.44. The van der Waals surface area contributed by atoms with Gasteiger partial charge in [0, 0.05) is 54.5 Å². The normalized spacial score (nSPS) is 23.7.